The van der Waals surface area contributed by atoms with E-state index in [0.29, 0.717) is 6.54 Å². The molecule has 0 unspecified atom stereocenters. The van der Waals surface area contributed by atoms with Crippen LogP contribution in [0.2, 0.25) is 0 Å². The molecule has 0 aliphatic carbocycles. The highest BCUT2D eigenvalue weighted by molar-refractivity contribution is 5.03. The molecule has 0 atom stereocenters. The van der Waals surface area contributed by atoms with Gasteiger partial charge in [-0.25, -0.2) is 0 Å². The van der Waals surface area contributed by atoms with Crippen molar-refractivity contribution in [1.82, 2.24) is 5.32 Å². The van der Waals surface area contributed by atoms with E-state index in [1.54, 1.807) is 6.26 Å². The van der Waals surface area contributed by atoms with Crippen molar-refractivity contribution in [3.05, 3.63) is 24.2 Å². The number of nitrogens with one attached hydrogen (secondary N) is 1. The Morgan fingerprint density at radius 1 is 1.67 bits per heavy atom. The number of furan rings is 1. The summed E-state index contributed by atoms with van der Waals surface area (Å²) >= 11 is 0. The number of rotatable bonds is 3. The first-order valence-corrected chi connectivity index (χ1v) is 3.83. The van der Waals surface area contributed by atoms with Crippen molar-refractivity contribution in [2.45, 2.75) is 25.9 Å². The molecule has 12 heavy (non-hydrogen) atoms. The molecule has 1 N–H and O–H groups in total. The van der Waals surface area contributed by atoms with Crippen molar-refractivity contribution < 1.29 is 4.42 Å². The Kier molecular flexibility index (Phi) is 2.51. The van der Waals surface area contributed by atoms with E-state index in [2.05, 4.69) is 11.4 Å². The number of nitriles is 1. The molecule has 0 aromatic carbocycles. The Hall–Kier alpha value is -1.27. The van der Waals surface area contributed by atoms with Crippen molar-refractivity contribution in [3.8, 4) is 6.07 Å². The highest BCUT2D eigenvalue weighted by Gasteiger charge is 2.15. The summed E-state index contributed by atoms with van der Waals surface area (Å²) in [5.41, 5.74) is -0.493. The fourth-order valence-electron chi connectivity index (χ4n) is 0.761. The third-order valence-corrected chi connectivity index (χ3v) is 1.56. The summed E-state index contributed by atoms with van der Waals surface area (Å²) < 4.78 is 5.10. The molecule has 1 aromatic rings. The van der Waals surface area contributed by atoms with Crippen molar-refractivity contribution in [2.24, 2.45) is 0 Å². The summed E-state index contributed by atoms with van der Waals surface area (Å²) in [6, 6.07) is 5.86. The van der Waals surface area contributed by atoms with Gasteiger partial charge in [0.1, 0.15) is 11.3 Å². The first-order valence-electron chi connectivity index (χ1n) is 3.83. The van der Waals surface area contributed by atoms with Gasteiger partial charge < -0.3 is 4.42 Å². The van der Waals surface area contributed by atoms with E-state index in [0.717, 1.165) is 5.76 Å². The summed E-state index contributed by atoms with van der Waals surface area (Å²) in [6.45, 7) is 4.25. The zero-order valence-electron chi connectivity index (χ0n) is 7.29. The predicted molar refractivity (Wildman–Crippen MR) is 45.2 cm³/mol. The Bertz CT molecular complexity index is 269. The molecule has 0 saturated heterocycles. The molecule has 0 saturated carbocycles. The fraction of sp³-hybridized carbons (Fsp3) is 0.444. The summed E-state index contributed by atoms with van der Waals surface area (Å²) in [5.74, 6) is 0.846. The summed E-state index contributed by atoms with van der Waals surface area (Å²) in [7, 11) is 0. The van der Waals surface area contributed by atoms with Gasteiger partial charge in [-0.15, -0.1) is 0 Å². The monoisotopic (exact) mass is 164 g/mol. The molecule has 0 radical (unpaired) electrons. The lowest BCUT2D eigenvalue weighted by atomic mass is 10.1. The van der Waals surface area contributed by atoms with Crippen molar-refractivity contribution in [3.63, 3.8) is 0 Å². The van der Waals surface area contributed by atoms with Crippen molar-refractivity contribution >= 4 is 0 Å². The number of hydrogen-bond donors (Lipinski definition) is 1. The minimum absolute atomic E-state index is 0.493. The van der Waals surface area contributed by atoms with E-state index < -0.39 is 5.54 Å². The molecule has 0 aliphatic heterocycles. The van der Waals surface area contributed by atoms with Gasteiger partial charge in [-0.2, -0.15) is 5.26 Å². The van der Waals surface area contributed by atoms with Gasteiger partial charge in [0.25, 0.3) is 0 Å². The van der Waals surface area contributed by atoms with Gasteiger partial charge in [-0.3, -0.25) is 5.32 Å². The van der Waals surface area contributed by atoms with E-state index in [1.807, 2.05) is 26.0 Å². The molecule has 0 fully saturated rings. The Morgan fingerprint density at radius 3 is 2.92 bits per heavy atom. The topological polar surface area (TPSA) is 49.0 Å². The highest BCUT2D eigenvalue weighted by Crippen LogP contribution is 2.04. The van der Waals surface area contributed by atoms with Gasteiger partial charge in [-0.1, -0.05) is 0 Å². The molecular weight excluding hydrogens is 152 g/mol. The van der Waals surface area contributed by atoms with Crippen LogP contribution in [0.3, 0.4) is 0 Å². The molecule has 3 nitrogen and oxygen atoms in total. The van der Waals surface area contributed by atoms with E-state index in [1.165, 1.54) is 0 Å². The number of nitrogens with zero attached hydrogens (tertiary/aromatic N) is 1. The highest BCUT2D eigenvalue weighted by atomic mass is 16.3. The lowest BCUT2D eigenvalue weighted by Gasteiger charge is -2.15. The van der Waals surface area contributed by atoms with Crippen LogP contribution in [0.15, 0.2) is 22.8 Å². The van der Waals surface area contributed by atoms with Crippen LogP contribution in [0, 0.1) is 11.3 Å². The van der Waals surface area contributed by atoms with Gasteiger partial charge in [0.15, 0.2) is 0 Å². The van der Waals surface area contributed by atoms with Crippen LogP contribution in [0.25, 0.3) is 0 Å². The molecular formula is C9H12N2O. The quantitative estimate of drug-likeness (QED) is 0.739. The maximum absolute atomic E-state index is 8.68. The SMILES string of the molecule is CC(C)(C#N)NCc1ccco1. The molecule has 0 spiro atoms. The molecule has 0 amide bonds. The van der Waals surface area contributed by atoms with Crippen LogP contribution in [-0.4, -0.2) is 5.54 Å². The standard InChI is InChI=1S/C9H12N2O/c1-9(2,7-10)11-6-8-4-3-5-12-8/h3-5,11H,6H2,1-2H3. The largest absolute Gasteiger partial charge is 0.468 e. The maximum atomic E-state index is 8.68. The average Bonchev–Trinajstić information content (AvgIpc) is 2.53. The first kappa shape index (κ1) is 8.82. The minimum atomic E-state index is -0.493. The fourth-order valence-corrected chi connectivity index (χ4v) is 0.761. The molecule has 3 heteroatoms. The van der Waals surface area contributed by atoms with E-state index in [9.17, 15) is 0 Å². The van der Waals surface area contributed by atoms with Crippen LogP contribution in [-0.2, 0) is 6.54 Å². The van der Waals surface area contributed by atoms with Crippen molar-refractivity contribution in [2.75, 3.05) is 0 Å². The molecule has 0 aliphatic rings. The van der Waals surface area contributed by atoms with Crippen LogP contribution >= 0.6 is 0 Å². The second kappa shape index (κ2) is 3.42. The predicted octanol–water partition coefficient (Wildman–Crippen LogP) is 1.67. The Labute approximate surface area is 72.0 Å². The average molecular weight is 164 g/mol. The van der Waals surface area contributed by atoms with E-state index >= 15 is 0 Å². The molecule has 1 aromatic heterocycles. The zero-order valence-corrected chi connectivity index (χ0v) is 7.29. The molecule has 1 heterocycles. The van der Waals surface area contributed by atoms with Gasteiger partial charge in [0.05, 0.1) is 18.9 Å². The van der Waals surface area contributed by atoms with Crippen LogP contribution in [0.5, 0.6) is 0 Å². The van der Waals surface area contributed by atoms with Gasteiger partial charge in [0, 0.05) is 0 Å². The van der Waals surface area contributed by atoms with Crippen LogP contribution < -0.4 is 5.32 Å². The second-order valence-corrected chi connectivity index (χ2v) is 3.17. The van der Waals surface area contributed by atoms with E-state index in [-0.39, 0.29) is 0 Å². The summed E-state index contributed by atoms with van der Waals surface area (Å²) in [4.78, 5) is 0. The van der Waals surface area contributed by atoms with E-state index in [4.69, 9.17) is 9.68 Å². The van der Waals surface area contributed by atoms with Gasteiger partial charge in [0.2, 0.25) is 0 Å². The first-order chi connectivity index (χ1) is 5.64. The maximum Gasteiger partial charge on any atom is 0.117 e. The van der Waals surface area contributed by atoms with Gasteiger partial charge >= 0.3 is 0 Å². The normalized spacial score (nSPS) is 11.1. The lowest BCUT2D eigenvalue weighted by Crippen LogP contribution is -2.36. The zero-order chi connectivity index (χ0) is 9.03. The Morgan fingerprint density at radius 2 is 2.42 bits per heavy atom. The Balaban J connectivity index is 2.42. The molecule has 1 rings (SSSR count). The minimum Gasteiger partial charge on any atom is -0.468 e. The smallest absolute Gasteiger partial charge is 0.117 e. The number of hydrogen-bond acceptors (Lipinski definition) is 3. The lowest BCUT2D eigenvalue weighted by molar-refractivity contribution is 0.425. The summed E-state index contributed by atoms with van der Waals surface area (Å²) in [6.07, 6.45) is 1.62. The second-order valence-electron chi connectivity index (χ2n) is 3.17. The molecule has 64 valence electrons. The third-order valence-electron chi connectivity index (χ3n) is 1.56. The van der Waals surface area contributed by atoms with Crippen LogP contribution in [0.1, 0.15) is 19.6 Å². The van der Waals surface area contributed by atoms with Crippen molar-refractivity contribution in [1.29, 1.82) is 5.26 Å². The van der Waals surface area contributed by atoms with Crippen LogP contribution in [0.4, 0.5) is 0 Å². The summed E-state index contributed by atoms with van der Waals surface area (Å²) in [5, 5.41) is 11.7. The molecule has 0 bridgehead atoms. The third kappa shape index (κ3) is 2.40. The van der Waals surface area contributed by atoms with Gasteiger partial charge in [-0.05, 0) is 26.0 Å².